The number of nitrogens with one attached hydrogen (secondary N) is 1. The van der Waals surface area contributed by atoms with Crippen LogP contribution in [0.15, 0.2) is 77.7 Å². The van der Waals surface area contributed by atoms with Crippen LogP contribution in [0.2, 0.25) is 0 Å². The fourth-order valence-corrected chi connectivity index (χ4v) is 4.25. The predicted molar refractivity (Wildman–Crippen MR) is 121 cm³/mol. The number of hydrogen-bond donors (Lipinski definition) is 1. The zero-order valence-corrected chi connectivity index (χ0v) is 17.3. The number of para-hydroxylation sites is 1. The van der Waals surface area contributed by atoms with Gasteiger partial charge in [0.1, 0.15) is 0 Å². The molecule has 0 radical (unpaired) electrons. The number of nitro groups is 1. The SMILES string of the molecule is O=C(Nc1cccc(SCC(=O)N2CCc3ccccc32)c1)c1ccc([N+](=O)[O-])cc1. The number of rotatable bonds is 6. The summed E-state index contributed by atoms with van der Waals surface area (Å²) in [5.74, 6) is -0.00858. The van der Waals surface area contributed by atoms with E-state index in [4.69, 9.17) is 0 Å². The molecule has 3 aromatic rings. The number of carbonyl (C=O) groups is 2. The van der Waals surface area contributed by atoms with Crippen LogP contribution >= 0.6 is 11.8 Å². The van der Waals surface area contributed by atoms with Crippen molar-refractivity contribution >= 4 is 40.6 Å². The van der Waals surface area contributed by atoms with Crippen molar-refractivity contribution in [1.82, 2.24) is 0 Å². The third-order valence-electron chi connectivity index (χ3n) is 4.98. The standard InChI is InChI=1S/C23H19N3O4S/c27-22(25-13-12-16-4-1-2-7-21(16)25)15-31-20-6-3-5-18(14-20)24-23(28)17-8-10-19(11-9-17)26(29)30/h1-11,14H,12-13,15H2,(H,24,28). The summed E-state index contributed by atoms with van der Waals surface area (Å²) in [6.07, 6.45) is 0.872. The number of amides is 2. The van der Waals surface area contributed by atoms with Gasteiger partial charge in [-0.25, -0.2) is 0 Å². The number of anilines is 2. The van der Waals surface area contributed by atoms with E-state index in [2.05, 4.69) is 5.32 Å². The lowest BCUT2D eigenvalue weighted by atomic mass is 10.2. The quantitative estimate of drug-likeness (QED) is 0.350. The molecule has 8 heteroatoms. The molecule has 31 heavy (non-hydrogen) atoms. The molecule has 0 aromatic heterocycles. The monoisotopic (exact) mass is 433 g/mol. The van der Waals surface area contributed by atoms with Crippen LogP contribution in [0.5, 0.6) is 0 Å². The molecular weight excluding hydrogens is 414 g/mol. The largest absolute Gasteiger partial charge is 0.322 e. The summed E-state index contributed by atoms with van der Waals surface area (Å²) in [6.45, 7) is 0.698. The van der Waals surface area contributed by atoms with Crippen LogP contribution < -0.4 is 10.2 Å². The Labute approximate surface area is 183 Å². The lowest BCUT2D eigenvalue weighted by molar-refractivity contribution is -0.384. The van der Waals surface area contributed by atoms with E-state index in [1.165, 1.54) is 41.6 Å². The number of nitrogens with zero attached hydrogens (tertiary/aromatic N) is 2. The van der Waals surface area contributed by atoms with E-state index in [1.807, 2.05) is 41.3 Å². The third kappa shape index (κ3) is 4.75. The van der Waals surface area contributed by atoms with Gasteiger partial charge in [0.25, 0.3) is 11.6 Å². The molecule has 1 heterocycles. The molecule has 0 saturated heterocycles. The minimum absolute atomic E-state index is 0.0512. The van der Waals surface area contributed by atoms with E-state index in [0.717, 1.165) is 17.0 Å². The maximum absolute atomic E-state index is 12.7. The predicted octanol–water partition coefficient (Wildman–Crippen LogP) is 4.53. The Hall–Kier alpha value is -3.65. The first-order valence-corrected chi connectivity index (χ1v) is 10.7. The smallest absolute Gasteiger partial charge is 0.269 e. The second kappa shape index (κ2) is 9.01. The number of carbonyl (C=O) groups excluding carboxylic acids is 2. The normalized spacial score (nSPS) is 12.3. The summed E-state index contributed by atoms with van der Waals surface area (Å²) in [7, 11) is 0. The molecule has 4 rings (SSSR count). The summed E-state index contributed by atoms with van der Waals surface area (Å²) >= 11 is 1.41. The van der Waals surface area contributed by atoms with Crippen LogP contribution in [0.25, 0.3) is 0 Å². The zero-order valence-electron chi connectivity index (χ0n) is 16.5. The van der Waals surface area contributed by atoms with E-state index in [1.54, 1.807) is 12.1 Å². The highest BCUT2D eigenvalue weighted by Gasteiger charge is 2.23. The molecule has 2 amide bonds. The molecular formula is C23H19N3O4S. The molecule has 1 aliphatic heterocycles. The first-order chi connectivity index (χ1) is 15.0. The van der Waals surface area contributed by atoms with Gasteiger partial charge in [0.05, 0.1) is 10.7 Å². The van der Waals surface area contributed by atoms with Crippen LogP contribution in [0, 0.1) is 10.1 Å². The van der Waals surface area contributed by atoms with Crippen molar-refractivity contribution in [3.63, 3.8) is 0 Å². The van der Waals surface area contributed by atoms with Gasteiger partial charge in [0.15, 0.2) is 0 Å². The molecule has 0 bridgehead atoms. The molecule has 1 N–H and O–H groups in total. The van der Waals surface area contributed by atoms with Crippen LogP contribution in [0.4, 0.5) is 17.1 Å². The van der Waals surface area contributed by atoms with Gasteiger partial charge >= 0.3 is 0 Å². The number of fused-ring (bicyclic) bond motifs is 1. The minimum Gasteiger partial charge on any atom is -0.322 e. The average Bonchev–Trinajstić information content (AvgIpc) is 3.22. The number of thioether (sulfide) groups is 1. The van der Waals surface area contributed by atoms with Gasteiger partial charge in [-0.15, -0.1) is 11.8 Å². The summed E-state index contributed by atoms with van der Waals surface area (Å²) in [5, 5.41) is 13.5. The van der Waals surface area contributed by atoms with E-state index in [9.17, 15) is 19.7 Å². The van der Waals surface area contributed by atoms with Crippen molar-refractivity contribution in [3.05, 3.63) is 94.0 Å². The van der Waals surface area contributed by atoms with Crippen LogP contribution in [-0.4, -0.2) is 29.0 Å². The van der Waals surface area contributed by atoms with Crippen molar-refractivity contribution in [1.29, 1.82) is 0 Å². The molecule has 0 aliphatic carbocycles. The Morgan fingerprint density at radius 3 is 2.58 bits per heavy atom. The van der Waals surface area contributed by atoms with Crippen molar-refractivity contribution in [2.75, 3.05) is 22.5 Å². The molecule has 1 aliphatic rings. The lowest BCUT2D eigenvalue weighted by Crippen LogP contribution is -2.30. The fraction of sp³-hybridized carbons (Fsp3) is 0.130. The van der Waals surface area contributed by atoms with Crippen molar-refractivity contribution in [2.24, 2.45) is 0 Å². The second-order valence-electron chi connectivity index (χ2n) is 7.00. The molecule has 3 aromatic carbocycles. The van der Waals surface area contributed by atoms with E-state index < -0.39 is 4.92 Å². The summed E-state index contributed by atoms with van der Waals surface area (Å²) in [6, 6.07) is 20.6. The van der Waals surface area contributed by atoms with Gasteiger partial charge in [-0.2, -0.15) is 0 Å². The fourth-order valence-electron chi connectivity index (χ4n) is 3.42. The summed E-state index contributed by atoms with van der Waals surface area (Å²) in [5.41, 5.74) is 3.02. The Kier molecular flexibility index (Phi) is 5.99. The van der Waals surface area contributed by atoms with Gasteiger partial charge in [0, 0.05) is 40.5 Å². The highest BCUT2D eigenvalue weighted by molar-refractivity contribution is 8.00. The Bertz CT molecular complexity index is 1150. The minimum atomic E-state index is -0.510. The van der Waals surface area contributed by atoms with Crippen LogP contribution in [0.1, 0.15) is 15.9 Å². The van der Waals surface area contributed by atoms with E-state index >= 15 is 0 Å². The highest BCUT2D eigenvalue weighted by Crippen LogP contribution is 2.29. The molecule has 0 unspecified atom stereocenters. The van der Waals surface area contributed by atoms with Gasteiger partial charge in [0.2, 0.25) is 5.91 Å². The van der Waals surface area contributed by atoms with Crippen molar-refractivity contribution < 1.29 is 14.5 Å². The van der Waals surface area contributed by atoms with Crippen molar-refractivity contribution in [3.8, 4) is 0 Å². The van der Waals surface area contributed by atoms with Gasteiger partial charge in [-0.05, 0) is 48.4 Å². The third-order valence-corrected chi connectivity index (χ3v) is 5.96. The van der Waals surface area contributed by atoms with Crippen LogP contribution in [-0.2, 0) is 11.2 Å². The van der Waals surface area contributed by atoms with Gasteiger partial charge in [-0.3, -0.25) is 19.7 Å². The van der Waals surface area contributed by atoms with Crippen molar-refractivity contribution in [2.45, 2.75) is 11.3 Å². The van der Waals surface area contributed by atoms with Gasteiger partial charge < -0.3 is 10.2 Å². The van der Waals surface area contributed by atoms with Gasteiger partial charge in [-0.1, -0.05) is 24.3 Å². The Morgan fingerprint density at radius 1 is 1.03 bits per heavy atom. The average molecular weight is 433 g/mol. The number of non-ortho nitro benzene ring substituents is 1. The Balaban J connectivity index is 1.37. The molecule has 0 fully saturated rings. The lowest BCUT2D eigenvalue weighted by Gasteiger charge is -2.17. The zero-order chi connectivity index (χ0) is 21.8. The number of benzene rings is 3. The maximum atomic E-state index is 12.7. The second-order valence-corrected chi connectivity index (χ2v) is 8.05. The Morgan fingerprint density at radius 2 is 1.81 bits per heavy atom. The van der Waals surface area contributed by atoms with E-state index in [-0.39, 0.29) is 17.5 Å². The molecule has 7 nitrogen and oxygen atoms in total. The molecule has 0 atom stereocenters. The topological polar surface area (TPSA) is 92.6 Å². The molecule has 0 spiro atoms. The van der Waals surface area contributed by atoms with E-state index in [0.29, 0.717) is 23.5 Å². The number of nitro benzene ring substituents is 1. The first-order valence-electron chi connectivity index (χ1n) is 9.68. The summed E-state index contributed by atoms with van der Waals surface area (Å²) in [4.78, 5) is 38.0. The number of hydrogen-bond acceptors (Lipinski definition) is 5. The first kappa shape index (κ1) is 20.6. The highest BCUT2D eigenvalue weighted by atomic mass is 32.2. The van der Waals surface area contributed by atoms with Crippen LogP contribution in [0.3, 0.4) is 0 Å². The molecule has 0 saturated carbocycles. The maximum Gasteiger partial charge on any atom is 0.269 e. The molecule has 156 valence electrons. The summed E-state index contributed by atoms with van der Waals surface area (Å²) < 4.78 is 0.